The Morgan fingerprint density at radius 2 is 1.86 bits per heavy atom. The number of carbonyl (C=O) groups is 1. The maximum absolute atomic E-state index is 13.1. The molecule has 0 aliphatic heterocycles. The highest BCUT2D eigenvalue weighted by molar-refractivity contribution is 6.32. The molecule has 0 radical (unpaired) electrons. The fourth-order valence-electron chi connectivity index (χ4n) is 2.28. The third-order valence-electron chi connectivity index (χ3n) is 4.27. The molecule has 2 atom stereocenters. The molecule has 22 heavy (non-hydrogen) atoms. The van der Waals surface area contributed by atoms with Gasteiger partial charge in [0.2, 0.25) is 5.60 Å². The van der Waals surface area contributed by atoms with Gasteiger partial charge in [0, 0.05) is 5.92 Å². The molecule has 1 aromatic carbocycles. The molecule has 0 fully saturated rings. The highest BCUT2D eigenvalue weighted by Crippen LogP contribution is 2.45. The zero-order valence-corrected chi connectivity index (χ0v) is 13.4. The van der Waals surface area contributed by atoms with E-state index in [2.05, 4.69) is 0 Å². The van der Waals surface area contributed by atoms with Crippen LogP contribution in [0.15, 0.2) is 18.2 Å². The number of hydrogen-bond donors (Lipinski definition) is 1. The van der Waals surface area contributed by atoms with Crippen LogP contribution in [0.3, 0.4) is 0 Å². The monoisotopic (exact) mass is 338 g/mol. The van der Waals surface area contributed by atoms with Crippen LogP contribution in [-0.4, -0.2) is 30.3 Å². The average Bonchev–Trinajstić information content (AvgIpc) is 2.44. The summed E-state index contributed by atoms with van der Waals surface area (Å²) >= 11 is 6.00. The Labute approximate surface area is 132 Å². The molecular formula is C15H18ClF3O3. The van der Waals surface area contributed by atoms with Gasteiger partial charge in [-0.2, -0.15) is 13.2 Å². The Morgan fingerprint density at radius 3 is 2.23 bits per heavy atom. The molecule has 0 aromatic heterocycles. The topological polar surface area (TPSA) is 46.5 Å². The lowest BCUT2D eigenvalue weighted by molar-refractivity contribution is -0.265. The summed E-state index contributed by atoms with van der Waals surface area (Å²) in [6.07, 6.45) is -5.52. The Morgan fingerprint density at radius 1 is 1.32 bits per heavy atom. The third-order valence-corrected chi connectivity index (χ3v) is 4.57. The largest absolute Gasteiger partial charge is 0.495 e. The van der Waals surface area contributed by atoms with Crippen LogP contribution in [0.25, 0.3) is 0 Å². The van der Waals surface area contributed by atoms with Crippen molar-refractivity contribution in [2.45, 2.75) is 38.0 Å². The second kappa shape index (κ2) is 6.08. The van der Waals surface area contributed by atoms with E-state index in [9.17, 15) is 23.1 Å². The zero-order valence-electron chi connectivity index (χ0n) is 12.7. The third kappa shape index (κ3) is 3.08. The number of rotatable bonds is 5. The van der Waals surface area contributed by atoms with E-state index in [4.69, 9.17) is 16.3 Å². The highest BCUT2D eigenvalue weighted by Gasteiger charge is 2.60. The van der Waals surface area contributed by atoms with Crippen LogP contribution in [-0.2, 0) is 10.2 Å². The van der Waals surface area contributed by atoms with Crippen molar-refractivity contribution in [2.75, 3.05) is 7.11 Å². The summed E-state index contributed by atoms with van der Waals surface area (Å²) in [6.45, 7) is 4.20. The molecule has 0 aliphatic rings. The Balaban J connectivity index is 3.33. The Hall–Kier alpha value is -1.27. The average molecular weight is 339 g/mol. The fraction of sp³-hybridized carbons (Fsp3) is 0.533. The van der Waals surface area contributed by atoms with Crippen molar-refractivity contribution >= 4 is 17.9 Å². The van der Waals surface area contributed by atoms with E-state index >= 15 is 0 Å². The van der Waals surface area contributed by atoms with Gasteiger partial charge in [-0.3, -0.25) is 4.79 Å². The summed E-state index contributed by atoms with van der Waals surface area (Å²) in [7, 11) is 1.42. The standard InChI is InChI=1S/C15H18ClF3O3/c1-9(14(21,8-20)15(17,18)19)13(2,3)10-5-6-12(22-4)11(16)7-10/h5-9,21H,1-4H3. The fourth-order valence-corrected chi connectivity index (χ4v) is 2.54. The van der Waals surface area contributed by atoms with Crippen LogP contribution >= 0.6 is 11.6 Å². The van der Waals surface area contributed by atoms with Gasteiger partial charge in [-0.15, -0.1) is 0 Å². The van der Waals surface area contributed by atoms with Crippen molar-refractivity contribution in [3.63, 3.8) is 0 Å². The van der Waals surface area contributed by atoms with Crippen LogP contribution in [0, 0.1) is 5.92 Å². The van der Waals surface area contributed by atoms with Crippen molar-refractivity contribution in [1.82, 2.24) is 0 Å². The molecular weight excluding hydrogens is 321 g/mol. The summed E-state index contributed by atoms with van der Waals surface area (Å²) in [4.78, 5) is 10.9. The normalized spacial score (nSPS) is 16.8. The van der Waals surface area contributed by atoms with Gasteiger partial charge in [-0.1, -0.05) is 38.4 Å². The van der Waals surface area contributed by atoms with Gasteiger partial charge in [-0.05, 0) is 23.1 Å². The minimum absolute atomic E-state index is 0.238. The maximum Gasteiger partial charge on any atom is 0.424 e. The van der Waals surface area contributed by atoms with Crippen molar-refractivity contribution < 1.29 is 27.8 Å². The van der Waals surface area contributed by atoms with Gasteiger partial charge in [0.15, 0.2) is 6.29 Å². The summed E-state index contributed by atoms with van der Waals surface area (Å²) in [5, 5.41) is 10.1. The van der Waals surface area contributed by atoms with E-state index in [1.165, 1.54) is 40.0 Å². The molecule has 0 saturated carbocycles. The zero-order chi connectivity index (χ0) is 17.3. The van der Waals surface area contributed by atoms with Gasteiger partial charge in [0.05, 0.1) is 12.1 Å². The number of methoxy groups -OCH3 is 1. The van der Waals surface area contributed by atoms with Crippen molar-refractivity contribution in [3.8, 4) is 5.75 Å². The van der Waals surface area contributed by atoms with Crippen molar-refractivity contribution in [2.24, 2.45) is 5.92 Å². The predicted molar refractivity (Wildman–Crippen MR) is 77.3 cm³/mol. The number of aldehydes is 1. The van der Waals surface area contributed by atoms with Gasteiger partial charge in [0.25, 0.3) is 0 Å². The van der Waals surface area contributed by atoms with Crippen LogP contribution in [0.5, 0.6) is 5.75 Å². The number of hydrogen-bond acceptors (Lipinski definition) is 3. The highest BCUT2D eigenvalue weighted by atomic mass is 35.5. The molecule has 0 heterocycles. The van der Waals surface area contributed by atoms with Crippen molar-refractivity contribution in [3.05, 3.63) is 28.8 Å². The number of halogens is 4. The molecule has 2 unspecified atom stereocenters. The van der Waals surface area contributed by atoms with E-state index in [1.54, 1.807) is 6.07 Å². The van der Waals surface area contributed by atoms with E-state index < -0.39 is 29.4 Å². The van der Waals surface area contributed by atoms with Gasteiger partial charge >= 0.3 is 6.18 Å². The van der Waals surface area contributed by atoms with E-state index in [-0.39, 0.29) is 5.02 Å². The van der Waals surface area contributed by atoms with Crippen LogP contribution in [0.2, 0.25) is 5.02 Å². The molecule has 124 valence electrons. The lowest BCUT2D eigenvalue weighted by Gasteiger charge is -2.41. The molecule has 0 amide bonds. The lowest BCUT2D eigenvalue weighted by atomic mass is 9.67. The summed E-state index contributed by atoms with van der Waals surface area (Å²) in [5.41, 5.74) is -4.15. The smallest absolute Gasteiger partial charge is 0.424 e. The minimum atomic E-state index is -5.07. The van der Waals surface area contributed by atoms with E-state index in [0.717, 1.165) is 0 Å². The van der Waals surface area contributed by atoms with Gasteiger partial charge < -0.3 is 9.84 Å². The predicted octanol–water partition coefficient (Wildman–Crippen LogP) is 3.75. The minimum Gasteiger partial charge on any atom is -0.495 e. The second-order valence-electron chi connectivity index (χ2n) is 5.73. The first-order valence-electron chi connectivity index (χ1n) is 6.51. The number of ether oxygens (including phenoxy) is 1. The quantitative estimate of drug-likeness (QED) is 0.832. The first-order chi connectivity index (χ1) is 9.91. The van der Waals surface area contributed by atoms with Gasteiger partial charge in [-0.25, -0.2) is 0 Å². The summed E-state index contributed by atoms with van der Waals surface area (Å²) in [6, 6.07) is 4.56. The first-order valence-corrected chi connectivity index (χ1v) is 6.89. The molecule has 0 spiro atoms. The summed E-state index contributed by atoms with van der Waals surface area (Å²) < 4.78 is 44.2. The molecule has 7 heteroatoms. The van der Waals surface area contributed by atoms with Gasteiger partial charge in [0.1, 0.15) is 5.75 Å². The van der Waals surface area contributed by atoms with Crippen LogP contribution < -0.4 is 4.74 Å². The molecule has 0 saturated heterocycles. The number of alkyl halides is 3. The Kier molecular flexibility index (Phi) is 5.19. The van der Waals surface area contributed by atoms with Crippen molar-refractivity contribution in [1.29, 1.82) is 0 Å². The van der Waals surface area contributed by atoms with E-state index in [1.807, 2.05) is 0 Å². The molecule has 3 nitrogen and oxygen atoms in total. The number of benzene rings is 1. The van der Waals surface area contributed by atoms with Crippen LogP contribution in [0.4, 0.5) is 13.2 Å². The first kappa shape index (κ1) is 18.8. The number of carbonyl (C=O) groups excluding carboxylic acids is 1. The molecule has 1 rings (SSSR count). The SMILES string of the molecule is COc1ccc(C(C)(C)C(C)C(O)(C=O)C(F)(F)F)cc1Cl. The Bertz CT molecular complexity index is 557. The number of aliphatic hydroxyl groups is 1. The second-order valence-corrected chi connectivity index (χ2v) is 6.14. The molecule has 1 N–H and O–H groups in total. The van der Waals surface area contributed by atoms with Crippen LogP contribution in [0.1, 0.15) is 26.3 Å². The molecule has 0 aliphatic carbocycles. The molecule has 1 aromatic rings. The summed E-state index contributed by atoms with van der Waals surface area (Å²) in [5.74, 6) is -1.04. The molecule has 0 bridgehead atoms. The lowest BCUT2D eigenvalue weighted by Crippen LogP contribution is -2.57. The maximum atomic E-state index is 13.1. The van der Waals surface area contributed by atoms with E-state index in [0.29, 0.717) is 11.3 Å².